The third-order valence-electron chi connectivity index (χ3n) is 4.54. The third kappa shape index (κ3) is 3.41. The van der Waals surface area contributed by atoms with Gasteiger partial charge in [0.1, 0.15) is 11.5 Å². The number of hydrogen-bond acceptors (Lipinski definition) is 3. The molecule has 2 aromatic rings. The second kappa shape index (κ2) is 6.34. The Balaban J connectivity index is 1.58. The van der Waals surface area contributed by atoms with Gasteiger partial charge in [-0.15, -0.1) is 0 Å². The van der Waals surface area contributed by atoms with E-state index < -0.39 is 0 Å². The first-order chi connectivity index (χ1) is 11.3. The van der Waals surface area contributed by atoms with Crippen LogP contribution in [0.5, 0.6) is 11.5 Å². The highest BCUT2D eigenvalue weighted by Gasteiger charge is 2.26. The zero-order valence-electron chi connectivity index (χ0n) is 12.8. The van der Waals surface area contributed by atoms with Crippen molar-refractivity contribution in [1.29, 1.82) is 0 Å². The van der Waals surface area contributed by atoms with Gasteiger partial charge >= 0.3 is 0 Å². The van der Waals surface area contributed by atoms with Gasteiger partial charge in [0.25, 0.3) is 0 Å². The van der Waals surface area contributed by atoms with E-state index in [2.05, 4.69) is 22.4 Å². The van der Waals surface area contributed by atoms with Crippen molar-refractivity contribution in [2.24, 2.45) is 11.8 Å². The topological polar surface area (TPSA) is 34.1 Å². The molecule has 1 saturated heterocycles. The van der Waals surface area contributed by atoms with E-state index in [0.29, 0.717) is 10.9 Å². The van der Waals surface area contributed by atoms with Crippen molar-refractivity contribution in [3.63, 3.8) is 0 Å². The largest absolute Gasteiger partial charge is 0.456 e. The highest BCUT2D eigenvalue weighted by molar-refractivity contribution is 6.30. The zero-order valence-corrected chi connectivity index (χ0v) is 13.6. The summed E-state index contributed by atoms with van der Waals surface area (Å²) in [5.74, 6) is 2.87. The lowest BCUT2D eigenvalue weighted by Gasteiger charge is -2.34. The first-order valence-electron chi connectivity index (χ1n) is 8.06. The van der Waals surface area contributed by atoms with Crippen molar-refractivity contribution in [3.05, 3.63) is 59.4 Å². The van der Waals surface area contributed by atoms with Crippen LogP contribution in [-0.2, 0) is 0 Å². The van der Waals surface area contributed by atoms with E-state index in [0.717, 1.165) is 36.9 Å². The summed E-state index contributed by atoms with van der Waals surface area (Å²) >= 11 is 6.01. The van der Waals surface area contributed by atoms with Gasteiger partial charge in [-0.2, -0.15) is 0 Å². The Morgan fingerprint density at radius 3 is 2.96 bits per heavy atom. The monoisotopic (exact) mass is 326 g/mol. The van der Waals surface area contributed by atoms with Crippen molar-refractivity contribution >= 4 is 17.2 Å². The zero-order chi connectivity index (χ0) is 15.6. The highest BCUT2D eigenvalue weighted by Crippen LogP contribution is 2.36. The van der Waals surface area contributed by atoms with Crippen LogP contribution >= 0.6 is 11.6 Å². The van der Waals surface area contributed by atoms with Crippen molar-refractivity contribution in [3.8, 4) is 11.5 Å². The molecule has 4 heteroatoms. The van der Waals surface area contributed by atoms with Gasteiger partial charge in [0.2, 0.25) is 0 Å². The fraction of sp³-hybridized carbons (Fsp3) is 0.316. The lowest BCUT2D eigenvalue weighted by molar-refractivity contribution is 0.316. The van der Waals surface area contributed by atoms with Crippen LogP contribution < -0.4 is 10.1 Å². The van der Waals surface area contributed by atoms with Gasteiger partial charge in [0, 0.05) is 17.8 Å². The number of rotatable bonds is 3. The Bertz CT molecular complexity index is 744. The third-order valence-corrected chi connectivity index (χ3v) is 4.77. The minimum Gasteiger partial charge on any atom is -0.456 e. The van der Waals surface area contributed by atoms with E-state index in [1.807, 2.05) is 30.5 Å². The smallest absolute Gasteiger partial charge is 0.146 e. The number of nitrogens with one attached hydrogen (secondary N) is 1. The van der Waals surface area contributed by atoms with Crippen LogP contribution in [0.1, 0.15) is 18.4 Å². The van der Waals surface area contributed by atoms with E-state index in [1.165, 1.54) is 17.6 Å². The van der Waals surface area contributed by atoms with E-state index in [4.69, 9.17) is 16.3 Å². The molecular weight excluding hydrogens is 308 g/mol. The quantitative estimate of drug-likeness (QED) is 0.899. The number of aromatic nitrogens is 1. The number of fused-ring (bicyclic) bond motifs is 2. The minimum absolute atomic E-state index is 0.648. The first kappa shape index (κ1) is 14.7. The number of nitrogens with zero attached hydrogens (tertiary/aromatic N) is 1. The highest BCUT2D eigenvalue weighted by atomic mass is 35.5. The lowest BCUT2D eigenvalue weighted by atomic mass is 9.78. The number of pyridine rings is 1. The number of ether oxygens (including phenoxy) is 1. The summed E-state index contributed by atoms with van der Waals surface area (Å²) in [4.78, 5) is 4.36. The van der Waals surface area contributed by atoms with Crippen LogP contribution in [0.3, 0.4) is 0 Å². The molecule has 1 aromatic carbocycles. The molecule has 2 atom stereocenters. The summed E-state index contributed by atoms with van der Waals surface area (Å²) in [5.41, 5.74) is 2.57. The molecule has 1 aliphatic carbocycles. The van der Waals surface area contributed by atoms with Gasteiger partial charge in [-0.25, -0.2) is 0 Å². The fourth-order valence-corrected chi connectivity index (χ4v) is 3.72. The van der Waals surface area contributed by atoms with Crippen LogP contribution in [-0.4, -0.2) is 18.1 Å². The second-order valence-corrected chi connectivity index (χ2v) is 6.82. The van der Waals surface area contributed by atoms with Crippen LogP contribution in [0.2, 0.25) is 5.02 Å². The Morgan fingerprint density at radius 2 is 2.09 bits per heavy atom. The van der Waals surface area contributed by atoms with Gasteiger partial charge in [-0.05, 0) is 66.6 Å². The molecule has 4 rings (SSSR count). The molecular formula is C19H19ClN2O. The Kier molecular flexibility index (Phi) is 4.06. The molecule has 1 N–H and O–H groups in total. The van der Waals surface area contributed by atoms with Crippen molar-refractivity contribution in [2.75, 3.05) is 13.1 Å². The molecule has 0 amide bonds. The fourth-order valence-electron chi connectivity index (χ4n) is 3.54. The SMILES string of the molecule is Clc1cccc(Oc2cncc(C3=CC4CNCC(C3)C4)c2)c1. The van der Waals surface area contributed by atoms with Crippen LogP contribution in [0.15, 0.2) is 48.8 Å². The predicted molar refractivity (Wildman–Crippen MR) is 92.8 cm³/mol. The number of piperidine rings is 1. The van der Waals surface area contributed by atoms with Gasteiger partial charge < -0.3 is 10.1 Å². The first-order valence-corrected chi connectivity index (χ1v) is 8.44. The predicted octanol–water partition coefficient (Wildman–Crippen LogP) is 4.54. The van der Waals surface area contributed by atoms with Crippen molar-refractivity contribution in [1.82, 2.24) is 10.3 Å². The average molecular weight is 327 g/mol. The molecule has 0 spiro atoms. The Hall–Kier alpha value is -1.84. The number of hydrogen-bond donors (Lipinski definition) is 1. The van der Waals surface area contributed by atoms with Crippen LogP contribution in [0.25, 0.3) is 5.57 Å². The number of benzene rings is 1. The standard InChI is InChI=1S/C19H19ClN2O/c20-17-2-1-3-18(8-17)23-19-7-16(11-22-12-19)15-5-13-4-14(6-15)10-21-9-13/h1-3,5,7-8,11-14,21H,4,6,9-10H2. The van der Waals surface area contributed by atoms with Crippen molar-refractivity contribution in [2.45, 2.75) is 12.8 Å². The molecule has 118 valence electrons. The molecule has 1 fully saturated rings. The van der Waals surface area contributed by atoms with Gasteiger partial charge in [0.05, 0.1) is 6.20 Å². The normalized spacial score (nSPS) is 23.3. The van der Waals surface area contributed by atoms with Gasteiger partial charge in [0.15, 0.2) is 0 Å². The molecule has 1 aromatic heterocycles. The molecule has 0 saturated carbocycles. The summed E-state index contributed by atoms with van der Waals surface area (Å²) in [5, 5.41) is 4.18. The van der Waals surface area contributed by atoms with Gasteiger partial charge in [-0.1, -0.05) is 23.7 Å². The maximum absolute atomic E-state index is 6.01. The Labute approximate surface area is 141 Å². The average Bonchev–Trinajstić information content (AvgIpc) is 2.55. The van der Waals surface area contributed by atoms with E-state index in [-0.39, 0.29) is 0 Å². The molecule has 1 aliphatic heterocycles. The van der Waals surface area contributed by atoms with Gasteiger partial charge in [-0.3, -0.25) is 4.98 Å². The maximum atomic E-state index is 6.01. The summed E-state index contributed by atoms with van der Waals surface area (Å²) in [7, 11) is 0. The summed E-state index contributed by atoms with van der Waals surface area (Å²) in [6.07, 6.45) is 8.51. The van der Waals surface area contributed by atoms with E-state index in [1.54, 1.807) is 6.20 Å². The summed E-state index contributed by atoms with van der Waals surface area (Å²) in [6, 6.07) is 9.50. The van der Waals surface area contributed by atoms with E-state index >= 15 is 0 Å². The Morgan fingerprint density at radius 1 is 1.13 bits per heavy atom. The van der Waals surface area contributed by atoms with Crippen LogP contribution in [0.4, 0.5) is 0 Å². The molecule has 3 nitrogen and oxygen atoms in total. The second-order valence-electron chi connectivity index (χ2n) is 6.38. The van der Waals surface area contributed by atoms with E-state index in [9.17, 15) is 0 Å². The molecule has 2 unspecified atom stereocenters. The minimum atomic E-state index is 0.648. The molecule has 2 aliphatic rings. The number of halogens is 1. The molecule has 0 radical (unpaired) electrons. The summed E-state index contributed by atoms with van der Waals surface area (Å²) in [6.45, 7) is 2.21. The summed E-state index contributed by atoms with van der Waals surface area (Å²) < 4.78 is 5.90. The molecule has 2 heterocycles. The molecule has 2 bridgehead atoms. The lowest BCUT2D eigenvalue weighted by Crippen LogP contribution is -2.37. The maximum Gasteiger partial charge on any atom is 0.146 e. The molecule has 23 heavy (non-hydrogen) atoms. The number of allylic oxidation sites excluding steroid dienone is 1. The van der Waals surface area contributed by atoms with Crippen molar-refractivity contribution < 1.29 is 4.74 Å². The van der Waals surface area contributed by atoms with Crippen LogP contribution in [0, 0.1) is 11.8 Å².